The van der Waals surface area contributed by atoms with Gasteiger partial charge in [0, 0.05) is 0 Å². The predicted octanol–water partition coefficient (Wildman–Crippen LogP) is 1.03. The first-order chi connectivity index (χ1) is 8.52. The van der Waals surface area contributed by atoms with Gasteiger partial charge < -0.3 is 5.11 Å². The number of carbonyl (C=O) groups is 3. The highest BCUT2D eigenvalue weighted by atomic mass is 19.1. The van der Waals surface area contributed by atoms with Gasteiger partial charge in [0.15, 0.2) is 0 Å². The average Bonchev–Trinajstić information content (AvgIpc) is 3.03. The molecule has 0 aromatic heterocycles. The Balaban J connectivity index is 2.13. The number of imide groups is 1. The number of hydrogen-bond donors (Lipinski definition) is 1. The van der Waals surface area contributed by atoms with E-state index in [2.05, 4.69) is 0 Å². The lowest BCUT2D eigenvalue weighted by Gasteiger charge is -2.18. The zero-order valence-corrected chi connectivity index (χ0v) is 9.09. The molecule has 1 aromatic carbocycles. The van der Waals surface area contributed by atoms with E-state index >= 15 is 0 Å². The molecule has 0 spiro atoms. The predicted molar refractivity (Wildman–Crippen MR) is 57.4 cm³/mol. The summed E-state index contributed by atoms with van der Waals surface area (Å²) in [6.07, 6.45) is 0.520. The number of amides is 2. The second-order valence-electron chi connectivity index (χ2n) is 4.40. The summed E-state index contributed by atoms with van der Waals surface area (Å²) >= 11 is 0. The van der Waals surface area contributed by atoms with Crippen molar-refractivity contribution in [3.05, 3.63) is 29.6 Å². The van der Waals surface area contributed by atoms with Crippen molar-refractivity contribution in [3.63, 3.8) is 0 Å². The van der Waals surface area contributed by atoms with Crippen molar-refractivity contribution in [1.29, 1.82) is 0 Å². The smallest absolute Gasteiger partial charge is 0.340 e. The summed E-state index contributed by atoms with van der Waals surface area (Å²) in [4.78, 5) is 35.5. The number of fused-ring (bicyclic) bond motifs is 1. The minimum atomic E-state index is -1.50. The van der Waals surface area contributed by atoms with Crippen LogP contribution in [0.2, 0.25) is 0 Å². The minimum Gasteiger partial charge on any atom is -0.478 e. The Hall–Kier alpha value is -2.24. The van der Waals surface area contributed by atoms with Gasteiger partial charge in [-0.3, -0.25) is 9.59 Å². The van der Waals surface area contributed by atoms with Crippen molar-refractivity contribution < 1.29 is 23.9 Å². The molecule has 92 valence electrons. The lowest BCUT2D eigenvalue weighted by atomic mass is 10.1. The molecule has 2 atom stereocenters. The number of carbonyl (C=O) groups excluding carboxylic acids is 2. The van der Waals surface area contributed by atoms with Crippen LogP contribution in [0.4, 0.5) is 10.1 Å². The maximum Gasteiger partial charge on any atom is 0.340 e. The van der Waals surface area contributed by atoms with Gasteiger partial charge in [0.25, 0.3) is 0 Å². The van der Waals surface area contributed by atoms with Crippen molar-refractivity contribution in [2.45, 2.75) is 6.42 Å². The molecule has 5 nitrogen and oxygen atoms in total. The van der Waals surface area contributed by atoms with Crippen LogP contribution in [-0.2, 0) is 9.59 Å². The summed E-state index contributed by atoms with van der Waals surface area (Å²) in [5.74, 6) is -4.01. The van der Waals surface area contributed by atoms with Gasteiger partial charge in [-0.25, -0.2) is 14.1 Å². The van der Waals surface area contributed by atoms with Gasteiger partial charge in [0.1, 0.15) is 11.4 Å². The average molecular weight is 249 g/mol. The van der Waals surface area contributed by atoms with Crippen LogP contribution in [0.15, 0.2) is 18.2 Å². The van der Waals surface area contributed by atoms with E-state index < -0.39 is 29.2 Å². The van der Waals surface area contributed by atoms with Crippen LogP contribution in [-0.4, -0.2) is 22.9 Å². The Morgan fingerprint density at radius 3 is 2.44 bits per heavy atom. The molecule has 1 aromatic rings. The molecule has 18 heavy (non-hydrogen) atoms. The second-order valence-corrected chi connectivity index (χ2v) is 4.40. The number of nitrogens with zero attached hydrogens (tertiary/aromatic N) is 1. The largest absolute Gasteiger partial charge is 0.478 e. The number of hydrogen-bond acceptors (Lipinski definition) is 3. The molecule has 3 rings (SSSR count). The number of rotatable bonds is 2. The van der Waals surface area contributed by atoms with E-state index in [1.807, 2.05) is 0 Å². The van der Waals surface area contributed by atoms with Crippen LogP contribution in [0.5, 0.6) is 0 Å². The molecule has 2 fully saturated rings. The molecule has 1 aliphatic carbocycles. The van der Waals surface area contributed by atoms with Crippen LogP contribution >= 0.6 is 0 Å². The first-order valence-corrected chi connectivity index (χ1v) is 5.42. The van der Waals surface area contributed by atoms with E-state index in [0.29, 0.717) is 6.42 Å². The molecule has 6 heteroatoms. The quantitative estimate of drug-likeness (QED) is 0.794. The van der Waals surface area contributed by atoms with Gasteiger partial charge in [-0.05, 0) is 18.6 Å². The highest BCUT2D eigenvalue weighted by Gasteiger charge is 2.59. The number of carboxylic acid groups (broad SMARTS) is 1. The normalized spacial score (nSPS) is 25.3. The highest BCUT2D eigenvalue weighted by Crippen LogP contribution is 2.48. The van der Waals surface area contributed by atoms with Crippen LogP contribution in [0.3, 0.4) is 0 Å². The second kappa shape index (κ2) is 3.38. The van der Waals surface area contributed by atoms with E-state index in [-0.39, 0.29) is 17.5 Å². The Morgan fingerprint density at radius 2 is 1.89 bits per heavy atom. The molecule has 2 aliphatic rings. The number of aromatic carboxylic acids is 1. The Morgan fingerprint density at radius 1 is 1.28 bits per heavy atom. The first-order valence-electron chi connectivity index (χ1n) is 5.42. The fourth-order valence-corrected chi connectivity index (χ4v) is 2.33. The van der Waals surface area contributed by atoms with E-state index in [9.17, 15) is 18.8 Å². The lowest BCUT2D eigenvalue weighted by molar-refractivity contribution is -0.123. The fraction of sp³-hybridized carbons (Fsp3) is 0.250. The summed E-state index contributed by atoms with van der Waals surface area (Å²) in [7, 11) is 0. The van der Waals surface area contributed by atoms with Gasteiger partial charge in [-0.15, -0.1) is 0 Å². The molecule has 2 amide bonds. The van der Waals surface area contributed by atoms with Crippen molar-refractivity contribution in [1.82, 2.24) is 0 Å². The maximum absolute atomic E-state index is 13.5. The van der Waals surface area contributed by atoms with Crippen LogP contribution in [0.1, 0.15) is 16.8 Å². The molecular formula is C12H8FNO4. The number of halogens is 1. The number of carboxylic acids is 1. The molecule has 1 N–H and O–H groups in total. The van der Waals surface area contributed by atoms with Gasteiger partial charge in [-0.2, -0.15) is 0 Å². The van der Waals surface area contributed by atoms with Crippen LogP contribution in [0, 0.1) is 17.7 Å². The zero-order valence-electron chi connectivity index (χ0n) is 9.09. The molecule has 1 saturated heterocycles. The Kier molecular flexibility index (Phi) is 2.04. The first kappa shape index (κ1) is 10.9. The number of anilines is 1. The third kappa shape index (κ3) is 1.28. The standard InChI is InChI=1S/C12H8FNO4/c13-7-2-1-3-8(9(7)12(17)18)14-10(15)5-4-6(5)11(14)16/h1-3,5-6H,4H2,(H,17,18). The van der Waals surface area contributed by atoms with Gasteiger partial charge in [-0.1, -0.05) is 6.07 Å². The van der Waals surface area contributed by atoms with Crippen LogP contribution < -0.4 is 4.90 Å². The van der Waals surface area contributed by atoms with Crippen molar-refractivity contribution >= 4 is 23.5 Å². The summed E-state index contributed by atoms with van der Waals surface area (Å²) in [5.41, 5.74) is -0.815. The Labute approximate surface area is 101 Å². The SMILES string of the molecule is O=C(O)c1c(F)cccc1N1C(=O)C2CC2C1=O. The van der Waals surface area contributed by atoms with Gasteiger partial charge in [0.2, 0.25) is 11.8 Å². The molecule has 1 saturated carbocycles. The lowest BCUT2D eigenvalue weighted by Crippen LogP contribution is -2.34. The molecule has 1 aliphatic heterocycles. The molecular weight excluding hydrogens is 241 g/mol. The molecule has 0 radical (unpaired) electrons. The van der Waals surface area contributed by atoms with E-state index in [4.69, 9.17) is 5.11 Å². The van der Waals surface area contributed by atoms with Crippen molar-refractivity contribution in [3.8, 4) is 0 Å². The maximum atomic E-state index is 13.5. The van der Waals surface area contributed by atoms with E-state index in [1.165, 1.54) is 12.1 Å². The highest BCUT2D eigenvalue weighted by molar-refractivity contribution is 6.26. The van der Waals surface area contributed by atoms with Gasteiger partial charge in [0.05, 0.1) is 17.5 Å². The third-order valence-electron chi connectivity index (χ3n) is 3.31. The molecule has 0 bridgehead atoms. The molecule has 2 unspecified atom stereocenters. The van der Waals surface area contributed by atoms with Crippen molar-refractivity contribution in [2.75, 3.05) is 4.90 Å². The van der Waals surface area contributed by atoms with Crippen molar-refractivity contribution in [2.24, 2.45) is 11.8 Å². The van der Waals surface area contributed by atoms with Gasteiger partial charge >= 0.3 is 5.97 Å². The van der Waals surface area contributed by atoms with E-state index in [0.717, 1.165) is 11.0 Å². The third-order valence-corrected chi connectivity index (χ3v) is 3.31. The zero-order chi connectivity index (χ0) is 13.0. The Bertz CT molecular complexity index is 578. The fourth-order valence-electron chi connectivity index (χ4n) is 2.33. The molecule has 1 heterocycles. The van der Waals surface area contributed by atoms with E-state index in [1.54, 1.807) is 0 Å². The number of piperidine rings is 1. The topological polar surface area (TPSA) is 74.7 Å². The summed E-state index contributed by atoms with van der Waals surface area (Å²) in [6, 6.07) is 3.54. The monoisotopic (exact) mass is 249 g/mol. The summed E-state index contributed by atoms with van der Waals surface area (Å²) < 4.78 is 13.5. The minimum absolute atomic E-state index is 0.176. The summed E-state index contributed by atoms with van der Waals surface area (Å²) in [5, 5.41) is 8.97. The summed E-state index contributed by atoms with van der Waals surface area (Å²) in [6.45, 7) is 0. The number of benzene rings is 1. The van der Waals surface area contributed by atoms with Crippen LogP contribution in [0.25, 0.3) is 0 Å².